The number of sulfone groups is 1. The highest BCUT2D eigenvalue weighted by molar-refractivity contribution is 7.91. The van der Waals surface area contributed by atoms with Crippen molar-refractivity contribution in [3.63, 3.8) is 0 Å². The van der Waals surface area contributed by atoms with Crippen molar-refractivity contribution in [1.82, 2.24) is 0 Å². The van der Waals surface area contributed by atoms with Gasteiger partial charge >= 0.3 is 0 Å². The predicted molar refractivity (Wildman–Crippen MR) is 191 cm³/mol. The van der Waals surface area contributed by atoms with E-state index in [1.165, 1.54) is 72.5 Å². The molecule has 8 nitrogen and oxygen atoms in total. The number of rotatable bonds is 14. The van der Waals surface area contributed by atoms with Crippen LogP contribution in [0.1, 0.15) is 73.4 Å². The Balaban J connectivity index is 0.000000264. The summed E-state index contributed by atoms with van der Waals surface area (Å²) in [5, 5.41) is 21.2. The molecule has 0 aliphatic heterocycles. The highest BCUT2D eigenvalue weighted by Gasteiger charge is 2.22. The van der Waals surface area contributed by atoms with Crippen LogP contribution < -0.4 is 10.2 Å². The van der Waals surface area contributed by atoms with Gasteiger partial charge in [0.1, 0.15) is 13.1 Å². The lowest BCUT2D eigenvalue weighted by Crippen LogP contribution is -2.46. The summed E-state index contributed by atoms with van der Waals surface area (Å²) in [7, 11) is -3.85. The molecular weight excluding hydrogens is 637 g/mol. The van der Waals surface area contributed by atoms with Crippen molar-refractivity contribution in [3.8, 4) is 0 Å². The minimum Gasteiger partial charge on any atom is -0.545 e. The van der Waals surface area contributed by atoms with Crippen LogP contribution in [0.2, 0.25) is 0 Å². The third-order valence-electron chi connectivity index (χ3n) is 9.55. The number of carboxylic acid groups (broad SMARTS) is 2. The fourth-order valence-corrected chi connectivity index (χ4v) is 6.89. The number of hydrogen-bond donors (Lipinski definition) is 0. The molecule has 0 saturated carbocycles. The van der Waals surface area contributed by atoms with Gasteiger partial charge in [-0.15, -0.1) is 0 Å². The molecule has 0 fully saturated rings. The molecule has 0 aliphatic rings. The highest BCUT2D eigenvalue weighted by atomic mass is 32.2. The lowest BCUT2D eigenvalue weighted by molar-refractivity contribution is -0.936. The van der Waals surface area contributed by atoms with Crippen LogP contribution in [-0.2, 0) is 22.9 Å². The number of benzene rings is 4. The van der Waals surface area contributed by atoms with Gasteiger partial charge in [0, 0.05) is 11.1 Å². The minimum atomic E-state index is -3.85. The number of hydrogen-bond acceptors (Lipinski definition) is 6. The average Bonchev–Trinajstić information content (AvgIpc) is 3.14. The second-order valence-corrected chi connectivity index (χ2v) is 13.9. The van der Waals surface area contributed by atoms with Crippen LogP contribution in [0, 0.1) is 0 Å². The molecule has 0 radical (unpaired) electrons. The molecule has 0 heterocycles. The summed E-state index contributed by atoms with van der Waals surface area (Å²) in [5.74, 6) is -2.81. The van der Waals surface area contributed by atoms with Crippen molar-refractivity contribution >= 4 is 21.8 Å². The van der Waals surface area contributed by atoms with Gasteiger partial charge in [0.15, 0.2) is 0 Å². The summed E-state index contributed by atoms with van der Waals surface area (Å²) in [5.41, 5.74) is 2.64. The van der Waals surface area contributed by atoms with Crippen LogP contribution in [0.5, 0.6) is 0 Å². The number of carbonyl (C=O) groups excluding carboxylic acids is 2. The van der Waals surface area contributed by atoms with Gasteiger partial charge in [0.05, 0.1) is 61.0 Å². The Morgan fingerprint density at radius 1 is 0.469 bits per heavy atom. The topological polar surface area (TPSA) is 114 Å². The molecule has 264 valence electrons. The molecule has 9 heteroatoms. The molecular formula is C40H52N2O6S. The van der Waals surface area contributed by atoms with Crippen molar-refractivity contribution in [2.75, 3.05) is 39.3 Å². The van der Waals surface area contributed by atoms with Crippen LogP contribution >= 0.6 is 0 Å². The molecule has 4 aromatic rings. The van der Waals surface area contributed by atoms with Gasteiger partial charge in [-0.05, 0) is 76.9 Å². The van der Waals surface area contributed by atoms with Crippen LogP contribution in [-0.4, -0.2) is 68.6 Å². The van der Waals surface area contributed by atoms with E-state index >= 15 is 0 Å². The van der Waals surface area contributed by atoms with Crippen LogP contribution in [0.15, 0.2) is 119 Å². The zero-order chi connectivity index (χ0) is 36.5. The van der Waals surface area contributed by atoms with Crippen molar-refractivity contribution in [1.29, 1.82) is 0 Å². The molecule has 0 bridgehead atoms. The van der Waals surface area contributed by atoms with Crippen molar-refractivity contribution < 1.29 is 37.2 Å². The summed E-state index contributed by atoms with van der Waals surface area (Å²) < 4.78 is 26.9. The van der Waals surface area contributed by atoms with E-state index in [1.807, 2.05) is 0 Å². The van der Waals surface area contributed by atoms with Gasteiger partial charge in [-0.2, -0.15) is 0 Å². The van der Waals surface area contributed by atoms with E-state index in [2.05, 4.69) is 102 Å². The van der Waals surface area contributed by atoms with E-state index in [1.54, 1.807) is 0 Å². The maximum absolute atomic E-state index is 12.3. The third kappa shape index (κ3) is 12.0. The predicted octanol–water partition coefficient (Wildman–Crippen LogP) is 5.37. The molecule has 4 rings (SSSR count). The molecule has 0 aromatic heterocycles. The lowest BCUT2D eigenvalue weighted by Gasteiger charge is -2.35. The van der Waals surface area contributed by atoms with E-state index < -0.39 is 21.8 Å². The number of nitrogens with zero attached hydrogens (tertiary/aromatic N) is 2. The SMILES string of the molecule is CC[N+](CC)(CC)Cc1ccccc1.CC[N+](CC)(CC)Cc1ccccc1.O=C([O-])c1ccc(S(=O)(=O)c2ccc(C(=O)[O-])cc2)cc1. The van der Waals surface area contributed by atoms with Gasteiger partial charge in [0.2, 0.25) is 9.84 Å². The van der Waals surface area contributed by atoms with E-state index in [0.29, 0.717) is 0 Å². The monoisotopic (exact) mass is 688 g/mol. The molecule has 49 heavy (non-hydrogen) atoms. The van der Waals surface area contributed by atoms with Crippen LogP contribution in [0.3, 0.4) is 0 Å². The Morgan fingerprint density at radius 2 is 0.735 bits per heavy atom. The van der Waals surface area contributed by atoms with Gasteiger partial charge in [-0.3, -0.25) is 0 Å². The highest BCUT2D eigenvalue weighted by Crippen LogP contribution is 2.21. The second kappa shape index (κ2) is 19.6. The first-order chi connectivity index (χ1) is 23.3. The van der Waals surface area contributed by atoms with E-state index in [9.17, 15) is 28.2 Å². The zero-order valence-electron chi connectivity index (χ0n) is 29.8. The van der Waals surface area contributed by atoms with Gasteiger partial charge in [0.25, 0.3) is 0 Å². The van der Waals surface area contributed by atoms with E-state index in [4.69, 9.17) is 0 Å². The Labute approximate surface area is 293 Å². The molecule has 0 aliphatic carbocycles. The molecule has 0 N–H and O–H groups in total. The van der Waals surface area contributed by atoms with Gasteiger partial charge < -0.3 is 28.8 Å². The molecule has 0 spiro atoms. The summed E-state index contributed by atoms with van der Waals surface area (Å²) >= 11 is 0. The summed E-state index contributed by atoms with van der Waals surface area (Å²) in [6.45, 7) is 23.4. The van der Waals surface area contributed by atoms with Crippen LogP contribution in [0.4, 0.5) is 0 Å². The fraction of sp³-hybridized carbons (Fsp3) is 0.350. The molecule has 0 saturated heterocycles. The van der Waals surface area contributed by atoms with Crippen molar-refractivity contribution in [2.24, 2.45) is 0 Å². The first kappa shape index (κ1) is 40.9. The second-order valence-electron chi connectivity index (χ2n) is 12.0. The lowest BCUT2D eigenvalue weighted by atomic mass is 10.2. The Morgan fingerprint density at radius 3 is 0.959 bits per heavy atom. The Hall–Kier alpha value is -4.31. The largest absolute Gasteiger partial charge is 0.545 e. The molecule has 0 unspecified atom stereocenters. The Kier molecular flexibility index (Phi) is 16.4. The van der Waals surface area contributed by atoms with Crippen molar-refractivity contribution in [2.45, 2.75) is 64.4 Å². The van der Waals surface area contributed by atoms with E-state index in [-0.39, 0.29) is 20.9 Å². The zero-order valence-corrected chi connectivity index (χ0v) is 30.6. The van der Waals surface area contributed by atoms with Crippen molar-refractivity contribution in [3.05, 3.63) is 131 Å². The standard InChI is InChI=1S/C14H10O6S.2C13H22N/c15-13(16)9-1-5-11(6-2-9)21(19,20)12-7-3-10(4-8-12)14(17)18;2*1-4-14(5-2,6-3)12-13-10-8-7-9-11-13/h1-8H,(H,15,16)(H,17,18);2*7-11H,4-6,12H2,1-3H3/q;2*+1/p-2. The first-order valence-corrected chi connectivity index (χ1v) is 18.5. The normalized spacial score (nSPS) is 11.4. The minimum absolute atomic E-state index is 0.103. The van der Waals surface area contributed by atoms with Gasteiger partial charge in [-0.25, -0.2) is 8.42 Å². The maximum Gasteiger partial charge on any atom is 0.206 e. The summed E-state index contributed by atoms with van der Waals surface area (Å²) in [6.07, 6.45) is 0. The average molecular weight is 689 g/mol. The third-order valence-corrected chi connectivity index (χ3v) is 11.3. The van der Waals surface area contributed by atoms with Crippen LogP contribution in [0.25, 0.3) is 0 Å². The number of quaternary nitrogens is 2. The maximum atomic E-state index is 12.3. The first-order valence-electron chi connectivity index (χ1n) is 17.0. The fourth-order valence-electron chi connectivity index (χ4n) is 5.63. The molecule has 4 aromatic carbocycles. The summed E-state index contributed by atoms with van der Waals surface area (Å²) in [6, 6.07) is 30.7. The number of carboxylic acids is 2. The van der Waals surface area contributed by atoms with E-state index in [0.717, 1.165) is 48.5 Å². The summed E-state index contributed by atoms with van der Waals surface area (Å²) in [4.78, 5) is 21.0. The quantitative estimate of drug-likeness (QED) is 0.165. The molecule has 0 atom stereocenters. The number of carbonyl (C=O) groups is 2. The smallest absolute Gasteiger partial charge is 0.206 e. The Bertz CT molecular complexity index is 1530. The van der Waals surface area contributed by atoms with Gasteiger partial charge in [-0.1, -0.05) is 84.9 Å². The number of aromatic carboxylic acids is 2. The molecule has 0 amide bonds.